The number of carbonyl (C=O) groups excluding carboxylic acids is 2. The Morgan fingerprint density at radius 2 is 1.95 bits per heavy atom. The van der Waals surface area contributed by atoms with Crippen molar-refractivity contribution in [2.45, 2.75) is 25.7 Å². The van der Waals surface area contributed by atoms with Crippen LogP contribution in [-0.2, 0) is 9.59 Å². The third-order valence-corrected chi connectivity index (χ3v) is 3.36. The first-order valence-corrected chi connectivity index (χ1v) is 6.86. The number of piperidine rings is 1. The maximum Gasteiger partial charge on any atom is 0.233 e. The van der Waals surface area contributed by atoms with Crippen LogP contribution in [0.15, 0.2) is 24.3 Å². The van der Waals surface area contributed by atoms with E-state index < -0.39 is 0 Å². The zero-order valence-electron chi connectivity index (χ0n) is 10.7. The number of carbonyl (C=O) groups is 2. The molecule has 1 aromatic carbocycles. The van der Waals surface area contributed by atoms with Gasteiger partial charge in [0.1, 0.15) is 6.42 Å². The van der Waals surface area contributed by atoms with Crippen LogP contribution in [0.4, 0.5) is 5.69 Å². The maximum absolute atomic E-state index is 11.9. The van der Waals surface area contributed by atoms with E-state index in [4.69, 9.17) is 11.6 Å². The highest BCUT2D eigenvalue weighted by molar-refractivity contribution is 6.30. The third-order valence-electron chi connectivity index (χ3n) is 3.13. The Kier molecular flexibility index (Phi) is 4.80. The highest BCUT2D eigenvalue weighted by Crippen LogP contribution is 2.15. The summed E-state index contributed by atoms with van der Waals surface area (Å²) >= 11 is 5.83. The van der Waals surface area contributed by atoms with Gasteiger partial charge in [-0.3, -0.25) is 9.59 Å². The number of nitrogens with zero attached hydrogens (tertiary/aromatic N) is 1. The molecule has 2 amide bonds. The van der Waals surface area contributed by atoms with E-state index in [0.717, 1.165) is 25.9 Å². The second-order valence-electron chi connectivity index (χ2n) is 4.68. The number of amides is 2. The molecule has 1 aliphatic heterocycles. The summed E-state index contributed by atoms with van der Waals surface area (Å²) in [6.07, 6.45) is 3.12. The molecule has 19 heavy (non-hydrogen) atoms. The highest BCUT2D eigenvalue weighted by Gasteiger charge is 2.19. The van der Waals surface area contributed by atoms with Crippen LogP contribution in [-0.4, -0.2) is 29.8 Å². The minimum absolute atomic E-state index is 0.0979. The monoisotopic (exact) mass is 280 g/mol. The number of hydrogen-bond donors (Lipinski definition) is 1. The minimum atomic E-state index is -0.294. The lowest BCUT2D eigenvalue weighted by molar-refractivity contribution is -0.135. The van der Waals surface area contributed by atoms with Gasteiger partial charge in [0.2, 0.25) is 11.8 Å². The fraction of sp³-hybridized carbons (Fsp3) is 0.429. The summed E-state index contributed by atoms with van der Waals surface area (Å²) in [6.45, 7) is 1.53. The van der Waals surface area contributed by atoms with Crippen molar-refractivity contribution < 1.29 is 9.59 Å². The highest BCUT2D eigenvalue weighted by atomic mass is 35.5. The summed E-state index contributed by atoms with van der Waals surface area (Å²) in [4.78, 5) is 25.4. The molecule has 0 bridgehead atoms. The lowest BCUT2D eigenvalue weighted by atomic mass is 10.1. The predicted octanol–water partition coefficient (Wildman–Crippen LogP) is 2.68. The Hall–Kier alpha value is -1.55. The maximum atomic E-state index is 11.9. The van der Waals surface area contributed by atoms with E-state index in [2.05, 4.69) is 5.32 Å². The minimum Gasteiger partial charge on any atom is -0.342 e. The number of hydrogen-bond acceptors (Lipinski definition) is 2. The van der Waals surface area contributed by atoms with Crippen LogP contribution >= 0.6 is 11.6 Å². The van der Waals surface area contributed by atoms with Crippen LogP contribution in [0.1, 0.15) is 25.7 Å². The number of halogens is 1. The summed E-state index contributed by atoms with van der Waals surface area (Å²) < 4.78 is 0. The Morgan fingerprint density at radius 1 is 1.21 bits per heavy atom. The van der Waals surface area contributed by atoms with Gasteiger partial charge in [0, 0.05) is 23.8 Å². The molecule has 0 aliphatic carbocycles. The van der Waals surface area contributed by atoms with Crippen molar-refractivity contribution in [1.29, 1.82) is 0 Å². The molecule has 2 rings (SSSR count). The first kappa shape index (κ1) is 13.9. The molecule has 1 fully saturated rings. The number of likely N-dealkylation sites (tertiary alicyclic amines) is 1. The van der Waals surface area contributed by atoms with Crippen LogP contribution in [0.2, 0.25) is 5.02 Å². The third kappa shape index (κ3) is 4.24. The van der Waals surface area contributed by atoms with Gasteiger partial charge in [0.25, 0.3) is 0 Å². The fourth-order valence-corrected chi connectivity index (χ4v) is 2.35. The quantitative estimate of drug-likeness (QED) is 0.866. The van der Waals surface area contributed by atoms with E-state index >= 15 is 0 Å². The van der Waals surface area contributed by atoms with Crippen molar-refractivity contribution in [3.8, 4) is 0 Å². The van der Waals surface area contributed by atoms with Crippen LogP contribution in [0.3, 0.4) is 0 Å². The molecule has 0 atom stereocenters. The Bertz CT molecular complexity index is 470. The normalized spacial score (nSPS) is 15.1. The first-order chi connectivity index (χ1) is 9.15. The van der Waals surface area contributed by atoms with Gasteiger partial charge in [-0.15, -0.1) is 0 Å². The van der Waals surface area contributed by atoms with Crippen molar-refractivity contribution in [3.63, 3.8) is 0 Å². The zero-order chi connectivity index (χ0) is 13.7. The molecule has 1 saturated heterocycles. The standard InChI is InChI=1S/C14H17ClN2O2/c15-11-5-4-6-12(9-11)16-13(18)10-14(19)17-7-2-1-3-8-17/h4-6,9H,1-3,7-8,10H2,(H,16,18). The summed E-state index contributed by atoms with van der Waals surface area (Å²) in [5.74, 6) is -0.392. The molecule has 4 nitrogen and oxygen atoms in total. The van der Waals surface area contributed by atoms with Gasteiger partial charge in [-0.25, -0.2) is 0 Å². The lowest BCUT2D eigenvalue weighted by Crippen LogP contribution is -2.37. The van der Waals surface area contributed by atoms with Gasteiger partial charge in [-0.05, 0) is 37.5 Å². The SMILES string of the molecule is O=C(CC(=O)N1CCCCC1)Nc1cccc(Cl)c1. The van der Waals surface area contributed by atoms with Crippen LogP contribution < -0.4 is 5.32 Å². The molecule has 5 heteroatoms. The molecule has 1 heterocycles. The van der Waals surface area contributed by atoms with Gasteiger partial charge >= 0.3 is 0 Å². The van der Waals surface area contributed by atoms with Gasteiger partial charge in [-0.1, -0.05) is 17.7 Å². The average Bonchev–Trinajstić information content (AvgIpc) is 2.39. The Labute approximate surface area is 117 Å². The molecule has 0 saturated carbocycles. The molecule has 0 spiro atoms. The average molecular weight is 281 g/mol. The van der Waals surface area contributed by atoms with Crippen LogP contribution in [0.25, 0.3) is 0 Å². The van der Waals surface area contributed by atoms with Gasteiger partial charge in [-0.2, -0.15) is 0 Å². The second-order valence-corrected chi connectivity index (χ2v) is 5.11. The van der Waals surface area contributed by atoms with Crippen LogP contribution in [0, 0.1) is 0 Å². The number of rotatable bonds is 3. The second kappa shape index (κ2) is 6.57. The van der Waals surface area contributed by atoms with E-state index in [1.165, 1.54) is 6.42 Å². The Morgan fingerprint density at radius 3 is 2.63 bits per heavy atom. The van der Waals surface area contributed by atoms with Crippen molar-refractivity contribution in [2.24, 2.45) is 0 Å². The summed E-state index contributed by atoms with van der Waals surface area (Å²) in [5.41, 5.74) is 0.615. The smallest absolute Gasteiger partial charge is 0.233 e. The van der Waals surface area contributed by atoms with Crippen molar-refractivity contribution in [3.05, 3.63) is 29.3 Å². The van der Waals surface area contributed by atoms with E-state index in [1.54, 1.807) is 29.2 Å². The van der Waals surface area contributed by atoms with E-state index in [-0.39, 0.29) is 18.2 Å². The van der Waals surface area contributed by atoms with E-state index in [0.29, 0.717) is 10.7 Å². The zero-order valence-corrected chi connectivity index (χ0v) is 11.4. The molecule has 102 valence electrons. The fourth-order valence-electron chi connectivity index (χ4n) is 2.16. The molecule has 1 aromatic rings. The van der Waals surface area contributed by atoms with E-state index in [9.17, 15) is 9.59 Å². The predicted molar refractivity (Wildman–Crippen MR) is 75.1 cm³/mol. The largest absolute Gasteiger partial charge is 0.342 e. The molecule has 1 N–H and O–H groups in total. The van der Waals surface area contributed by atoms with E-state index in [1.807, 2.05) is 0 Å². The van der Waals surface area contributed by atoms with Gasteiger partial charge in [0.15, 0.2) is 0 Å². The van der Waals surface area contributed by atoms with Gasteiger partial charge < -0.3 is 10.2 Å². The first-order valence-electron chi connectivity index (χ1n) is 6.48. The summed E-state index contributed by atoms with van der Waals surface area (Å²) in [5, 5.41) is 3.24. The lowest BCUT2D eigenvalue weighted by Gasteiger charge is -2.26. The Balaban J connectivity index is 1.85. The van der Waals surface area contributed by atoms with Crippen LogP contribution in [0.5, 0.6) is 0 Å². The van der Waals surface area contributed by atoms with Crippen molar-refractivity contribution in [1.82, 2.24) is 4.90 Å². The topological polar surface area (TPSA) is 49.4 Å². The molecule has 0 aromatic heterocycles. The van der Waals surface area contributed by atoms with Crippen molar-refractivity contribution >= 4 is 29.1 Å². The molecular formula is C14H17ClN2O2. The van der Waals surface area contributed by atoms with Crippen molar-refractivity contribution in [2.75, 3.05) is 18.4 Å². The molecule has 0 radical (unpaired) electrons. The number of nitrogens with one attached hydrogen (secondary N) is 1. The number of anilines is 1. The number of benzene rings is 1. The van der Waals surface area contributed by atoms with Gasteiger partial charge in [0.05, 0.1) is 0 Å². The molecular weight excluding hydrogens is 264 g/mol. The summed E-state index contributed by atoms with van der Waals surface area (Å²) in [6, 6.07) is 6.89. The molecule has 0 unspecified atom stereocenters. The summed E-state index contributed by atoms with van der Waals surface area (Å²) in [7, 11) is 0. The molecule has 1 aliphatic rings.